The lowest BCUT2D eigenvalue weighted by Crippen LogP contribution is -2.03. The van der Waals surface area contributed by atoms with Crippen LogP contribution in [0.2, 0.25) is 0 Å². The predicted octanol–water partition coefficient (Wildman–Crippen LogP) is 3.61. The SMILES string of the molecule is O=C(Cc1ccccc1F)c1ccc(Br)o1. The minimum Gasteiger partial charge on any atom is -0.446 e. The van der Waals surface area contributed by atoms with Gasteiger partial charge in [0.25, 0.3) is 0 Å². The van der Waals surface area contributed by atoms with Gasteiger partial charge >= 0.3 is 0 Å². The first kappa shape index (κ1) is 11.1. The van der Waals surface area contributed by atoms with Gasteiger partial charge in [-0.1, -0.05) is 18.2 Å². The maximum Gasteiger partial charge on any atom is 0.202 e. The highest BCUT2D eigenvalue weighted by Gasteiger charge is 2.13. The Labute approximate surface area is 100 Å². The molecule has 0 aliphatic rings. The van der Waals surface area contributed by atoms with Gasteiger partial charge in [-0.05, 0) is 39.7 Å². The van der Waals surface area contributed by atoms with E-state index in [-0.39, 0.29) is 23.8 Å². The average Bonchev–Trinajstić information content (AvgIpc) is 2.68. The second-order valence-corrected chi connectivity index (χ2v) is 4.08. The third-order valence-electron chi connectivity index (χ3n) is 2.16. The van der Waals surface area contributed by atoms with Crippen molar-refractivity contribution in [2.45, 2.75) is 6.42 Å². The quantitative estimate of drug-likeness (QED) is 0.805. The fraction of sp³-hybridized carbons (Fsp3) is 0.0833. The maximum atomic E-state index is 13.3. The standard InChI is InChI=1S/C12H8BrFO2/c13-12-6-5-11(16-12)10(15)7-8-3-1-2-4-9(8)14/h1-6H,7H2. The molecule has 16 heavy (non-hydrogen) atoms. The zero-order valence-electron chi connectivity index (χ0n) is 8.24. The number of rotatable bonds is 3. The molecular weight excluding hydrogens is 275 g/mol. The van der Waals surface area contributed by atoms with E-state index < -0.39 is 0 Å². The third-order valence-corrected chi connectivity index (χ3v) is 2.58. The number of benzene rings is 1. The summed E-state index contributed by atoms with van der Waals surface area (Å²) in [6, 6.07) is 9.41. The molecule has 4 heteroatoms. The molecule has 82 valence electrons. The summed E-state index contributed by atoms with van der Waals surface area (Å²) >= 11 is 3.11. The van der Waals surface area contributed by atoms with E-state index in [0.717, 1.165) is 0 Å². The first-order valence-corrected chi connectivity index (χ1v) is 5.48. The van der Waals surface area contributed by atoms with E-state index in [1.807, 2.05) is 0 Å². The van der Waals surface area contributed by atoms with Crippen molar-refractivity contribution >= 4 is 21.7 Å². The molecule has 0 saturated heterocycles. The smallest absolute Gasteiger partial charge is 0.202 e. The summed E-state index contributed by atoms with van der Waals surface area (Å²) < 4.78 is 18.9. The van der Waals surface area contributed by atoms with Crippen LogP contribution in [0.1, 0.15) is 16.1 Å². The van der Waals surface area contributed by atoms with Gasteiger partial charge in [0.2, 0.25) is 5.78 Å². The van der Waals surface area contributed by atoms with Crippen molar-refractivity contribution < 1.29 is 13.6 Å². The Morgan fingerprint density at radius 1 is 1.25 bits per heavy atom. The number of furan rings is 1. The summed E-state index contributed by atoms with van der Waals surface area (Å²) in [5, 5.41) is 0. The molecule has 0 aliphatic carbocycles. The number of hydrogen-bond donors (Lipinski definition) is 0. The van der Waals surface area contributed by atoms with Crippen LogP contribution in [0.3, 0.4) is 0 Å². The number of hydrogen-bond acceptors (Lipinski definition) is 2. The van der Waals surface area contributed by atoms with Crippen LogP contribution in [-0.2, 0) is 6.42 Å². The lowest BCUT2D eigenvalue weighted by atomic mass is 10.1. The topological polar surface area (TPSA) is 30.2 Å². The summed E-state index contributed by atoms with van der Waals surface area (Å²) in [6.45, 7) is 0. The zero-order valence-corrected chi connectivity index (χ0v) is 9.83. The van der Waals surface area contributed by atoms with Crippen LogP contribution >= 0.6 is 15.9 Å². The Morgan fingerprint density at radius 2 is 2.00 bits per heavy atom. The van der Waals surface area contributed by atoms with Gasteiger partial charge in [0, 0.05) is 6.42 Å². The zero-order chi connectivity index (χ0) is 11.5. The minimum absolute atomic E-state index is 0.00657. The highest BCUT2D eigenvalue weighted by molar-refractivity contribution is 9.10. The van der Waals surface area contributed by atoms with Crippen molar-refractivity contribution in [1.29, 1.82) is 0 Å². The van der Waals surface area contributed by atoms with Crippen molar-refractivity contribution in [1.82, 2.24) is 0 Å². The van der Waals surface area contributed by atoms with E-state index in [0.29, 0.717) is 10.2 Å². The summed E-state index contributed by atoms with van der Waals surface area (Å²) in [4.78, 5) is 11.7. The van der Waals surface area contributed by atoms with Crippen molar-refractivity contribution in [2.24, 2.45) is 0 Å². The van der Waals surface area contributed by atoms with Crippen LogP contribution in [0.15, 0.2) is 45.5 Å². The van der Waals surface area contributed by atoms with Gasteiger partial charge in [-0.25, -0.2) is 4.39 Å². The molecule has 0 fully saturated rings. The predicted molar refractivity (Wildman–Crippen MR) is 60.8 cm³/mol. The van der Waals surface area contributed by atoms with Gasteiger partial charge in [-0.3, -0.25) is 4.79 Å². The fourth-order valence-corrected chi connectivity index (χ4v) is 1.67. The van der Waals surface area contributed by atoms with Crippen LogP contribution in [0.4, 0.5) is 4.39 Å². The van der Waals surface area contributed by atoms with Crippen molar-refractivity contribution in [3.8, 4) is 0 Å². The Kier molecular flexibility index (Phi) is 3.19. The lowest BCUT2D eigenvalue weighted by molar-refractivity contribution is 0.0964. The number of Topliss-reactive ketones (excluding diaryl/α,β-unsaturated/α-hetero) is 1. The molecule has 1 heterocycles. The molecular formula is C12H8BrFO2. The maximum absolute atomic E-state index is 13.3. The van der Waals surface area contributed by atoms with E-state index in [2.05, 4.69) is 15.9 Å². The fourth-order valence-electron chi connectivity index (χ4n) is 1.37. The van der Waals surface area contributed by atoms with Crippen molar-refractivity contribution in [3.63, 3.8) is 0 Å². The second-order valence-electron chi connectivity index (χ2n) is 3.30. The lowest BCUT2D eigenvalue weighted by Gasteiger charge is -2.00. The van der Waals surface area contributed by atoms with E-state index in [1.54, 1.807) is 30.3 Å². The number of carbonyl (C=O) groups is 1. The summed E-state index contributed by atoms with van der Waals surface area (Å²) in [5.41, 5.74) is 0.375. The van der Waals surface area contributed by atoms with Gasteiger partial charge in [0.05, 0.1) is 0 Å². The van der Waals surface area contributed by atoms with Gasteiger partial charge in [0.15, 0.2) is 10.4 Å². The summed E-state index contributed by atoms with van der Waals surface area (Å²) in [7, 11) is 0. The van der Waals surface area contributed by atoms with Crippen LogP contribution in [0.5, 0.6) is 0 Å². The third kappa shape index (κ3) is 2.39. The first-order valence-electron chi connectivity index (χ1n) is 4.69. The number of ketones is 1. The molecule has 0 radical (unpaired) electrons. The van der Waals surface area contributed by atoms with Gasteiger partial charge < -0.3 is 4.42 Å². The first-order chi connectivity index (χ1) is 7.66. The molecule has 0 N–H and O–H groups in total. The van der Waals surface area contributed by atoms with Crippen LogP contribution in [-0.4, -0.2) is 5.78 Å². The molecule has 0 atom stereocenters. The van der Waals surface area contributed by atoms with E-state index in [1.165, 1.54) is 6.07 Å². The number of carbonyl (C=O) groups excluding carboxylic acids is 1. The molecule has 1 aromatic carbocycles. The van der Waals surface area contributed by atoms with Gasteiger partial charge in [0.1, 0.15) is 5.82 Å². The molecule has 0 amide bonds. The molecule has 0 unspecified atom stereocenters. The highest BCUT2D eigenvalue weighted by atomic mass is 79.9. The number of halogens is 2. The summed E-state index contributed by atoms with van der Waals surface area (Å²) in [6.07, 6.45) is 0.00657. The highest BCUT2D eigenvalue weighted by Crippen LogP contribution is 2.17. The van der Waals surface area contributed by atoms with Crippen LogP contribution in [0, 0.1) is 5.82 Å². The monoisotopic (exact) mass is 282 g/mol. The van der Waals surface area contributed by atoms with Crippen LogP contribution in [0.25, 0.3) is 0 Å². The molecule has 0 bridgehead atoms. The summed E-state index contributed by atoms with van der Waals surface area (Å²) in [5.74, 6) is -0.382. The molecule has 0 saturated carbocycles. The molecule has 1 aromatic heterocycles. The Hall–Kier alpha value is -1.42. The van der Waals surface area contributed by atoms with Gasteiger partial charge in [-0.15, -0.1) is 0 Å². The average molecular weight is 283 g/mol. The second kappa shape index (κ2) is 4.61. The largest absolute Gasteiger partial charge is 0.446 e. The Bertz CT molecular complexity index is 519. The van der Waals surface area contributed by atoms with E-state index in [4.69, 9.17) is 4.42 Å². The molecule has 2 rings (SSSR count). The van der Waals surface area contributed by atoms with Crippen molar-refractivity contribution in [2.75, 3.05) is 0 Å². The van der Waals surface area contributed by atoms with E-state index in [9.17, 15) is 9.18 Å². The van der Waals surface area contributed by atoms with Gasteiger partial charge in [-0.2, -0.15) is 0 Å². The minimum atomic E-state index is -0.374. The molecule has 2 nitrogen and oxygen atoms in total. The Morgan fingerprint density at radius 3 is 2.62 bits per heavy atom. The van der Waals surface area contributed by atoms with Crippen LogP contribution < -0.4 is 0 Å². The van der Waals surface area contributed by atoms with E-state index >= 15 is 0 Å². The molecule has 0 aliphatic heterocycles. The molecule has 2 aromatic rings. The Balaban J connectivity index is 2.17. The normalized spacial score (nSPS) is 10.4. The molecule has 0 spiro atoms. The van der Waals surface area contributed by atoms with Crippen molar-refractivity contribution in [3.05, 3.63) is 58.2 Å².